The second-order valence-corrected chi connectivity index (χ2v) is 9.08. The third-order valence-corrected chi connectivity index (χ3v) is 7.51. The molecule has 1 amide bonds. The summed E-state index contributed by atoms with van der Waals surface area (Å²) < 4.78 is 1.93. The van der Waals surface area contributed by atoms with Gasteiger partial charge in [0.05, 0.1) is 0 Å². The van der Waals surface area contributed by atoms with Crippen molar-refractivity contribution in [3.05, 3.63) is 59.9 Å². The number of likely N-dealkylation sites (tertiary alicyclic amines) is 2. The summed E-state index contributed by atoms with van der Waals surface area (Å²) in [7, 11) is 1.95. The fourth-order valence-corrected chi connectivity index (χ4v) is 6.06. The highest BCUT2D eigenvalue weighted by atomic mass is 16.2. The Morgan fingerprint density at radius 2 is 1.71 bits per heavy atom. The van der Waals surface area contributed by atoms with Gasteiger partial charge >= 0.3 is 0 Å². The largest absolute Gasteiger partial charge is 0.347 e. The summed E-state index contributed by atoms with van der Waals surface area (Å²) in [6.07, 6.45) is 9.68. The van der Waals surface area contributed by atoms with E-state index in [1.807, 2.05) is 29.9 Å². The molecular formula is C24H31N3O. The van der Waals surface area contributed by atoms with E-state index < -0.39 is 0 Å². The van der Waals surface area contributed by atoms with Crippen LogP contribution >= 0.6 is 0 Å². The zero-order valence-electron chi connectivity index (χ0n) is 16.9. The Labute approximate surface area is 168 Å². The lowest BCUT2D eigenvalue weighted by molar-refractivity contribution is -0.111. The number of benzene rings is 1. The van der Waals surface area contributed by atoms with Crippen LogP contribution < -0.4 is 0 Å². The summed E-state index contributed by atoms with van der Waals surface area (Å²) >= 11 is 0. The molecule has 2 saturated heterocycles. The number of aromatic nitrogens is 1. The summed E-state index contributed by atoms with van der Waals surface area (Å²) in [5.41, 5.74) is 2.81. The average Bonchev–Trinajstić information content (AvgIpc) is 3.37. The molecule has 3 heterocycles. The number of aryl methyl sites for hydroxylation is 1. The molecule has 1 saturated carbocycles. The second-order valence-electron chi connectivity index (χ2n) is 9.08. The fourth-order valence-electron chi connectivity index (χ4n) is 6.06. The lowest BCUT2D eigenvalue weighted by Gasteiger charge is -2.60. The van der Waals surface area contributed by atoms with Crippen molar-refractivity contribution in [3.63, 3.8) is 0 Å². The Morgan fingerprint density at radius 1 is 1.00 bits per heavy atom. The van der Waals surface area contributed by atoms with E-state index in [1.165, 1.54) is 37.8 Å². The van der Waals surface area contributed by atoms with E-state index in [-0.39, 0.29) is 5.91 Å². The lowest BCUT2D eigenvalue weighted by Crippen LogP contribution is -2.62. The monoisotopic (exact) mass is 377 g/mol. The normalized spacial score (nSPS) is 25.2. The van der Waals surface area contributed by atoms with Crippen molar-refractivity contribution in [1.82, 2.24) is 14.4 Å². The Morgan fingerprint density at radius 3 is 2.36 bits per heavy atom. The predicted octanol–water partition coefficient (Wildman–Crippen LogP) is 4.25. The second kappa shape index (κ2) is 7.07. The standard InChI is InChI=1S/C24H31N3O/c1-25-15-7-10-21(25)23(28)26-16-11-20(12-17-26)27-18-24(13-5-6-14-24)22(27)19-8-3-2-4-9-19/h2-4,7-10,15,20,22H,5-6,11-14,16-18H2,1H3. The molecule has 5 rings (SSSR count). The van der Waals surface area contributed by atoms with Crippen molar-refractivity contribution in [2.24, 2.45) is 12.5 Å². The number of rotatable bonds is 3. The highest BCUT2D eigenvalue weighted by molar-refractivity contribution is 5.92. The zero-order valence-corrected chi connectivity index (χ0v) is 16.9. The van der Waals surface area contributed by atoms with Crippen molar-refractivity contribution in [2.45, 2.75) is 50.6 Å². The van der Waals surface area contributed by atoms with E-state index in [0.29, 0.717) is 17.5 Å². The molecule has 0 N–H and O–H groups in total. The van der Waals surface area contributed by atoms with Gasteiger partial charge in [-0.15, -0.1) is 0 Å². The molecule has 1 aliphatic carbocycles. The summed E-state index contributed by atoms with van der Waals surface area (Å²) in [6.45, 7) is 3.00. The average molecular weight is 378 g/mol. The maximum Gasteiger partial charge on any atom is 0.270 e. The molecule has 28 heavy (non-hydrogen) atoms. The molecule has 1 spiro atoms. The van der Waals surface area contributed by atoms with Gasteiger partial charge in [0.25, 0.3) is 5.91 Å². The van der Waals surface area contributed by atoms with Gasteiger partial charge in [-0.05, 0) is 43.4 Å². The third-order valence-electron chi connectivity index (χ3n) is 7.51. The van der Waals surface area contributed by atoms with Gasteiger partial charge < -0.3 is 9.47 Å². The van der Waals surface area contributed by atoms with Crippen molar-refractivity contribution in [1.29, 1.82) is 0 Å². The highest BCUT2D eigenvalue weighted by Gasteiger charge is 2.55. The van der Waals surface area contributed by atoms with Gasteiger partial charge in [-0.1, -0.05) is 43.2 Å². The van der Waals surface area contributed by atoms with Crippen molar-refractivity contribution >= 4 is 5.91 Å². The highest BCUT2D eigenvalue weighted by Crippen LogP contribution is 2.59. The molecule has 3 fully saturated rings. The van der Waals surface area contributed by atoms with Crippen LogP contribution in [0.25, 0.3) is 0 Å². The maximum atomic E-state index is 12.8. The minimum absolute atomic E-state index is 0.182. The molecule has 1 aromatic heterocycles. The first-order chi connectivity index (χ1) is 13.7. The van der Waals surface area contributed by atoms with Crippen LogP contribution in [0, 0.1) is 5.41 Å². The molecule has 0 bridgehead atoms. The van der Waals surface area contributed by atoms with E-state index >= 15 is 0 Å². The van der Waals surface area contributed by atoms with Gasteiger partial charge in [-0.3, -0.25) is 9.69 Å². The van der Waals surface area contributed by atoms with Crippen molar-refractivity contribution < 1.29 is 4.79 Å². The number of piperidine rings is 1. The van der Waals surface area contributed by atoms with Crippen LogP contribution in [0.2, 0.25) is 0 Å². The van der Waals surface area contributed by atoms with Gasteiger partial charge in [0.15, 0.2) is 0 Å². The van der Waals surface area contributed by atoms with E-state index in [2.05, 4.69) is 40.1 Å². The first kappa shape index (κ1) is 18.0. The maximum absolute atomic E-state index is 12.8. The fraction of sp³-hybridized carbons (Fsp3) is 0.542. The van der Waals surface area contributed by atoms with Crippen LogP contribution in [0.4, 0.5) is 0 Å². The van der Waals surface area contributed by atoms with Crippen LogP contribution in [-0.4, -0.2) is 46.0 Å². The minimum Gasteiger partial charge on any atom is -0.347 e. The molecule has 0 radical (unpaired) electrons. The molecule has 148 valence electrons. The van der Waals surface area contributed by atoms with E-state index in [4.69, 9.17) is 0 Å². The molecule has 1 unspecified atom stereocenters. The predicted molar refractivity (Wildman–Crippen MR) is 111 cm³/mol. The van der Waals surface area contributed by atoms with Gasteiger partial charge in [0, 0.05) is 50.4 Å². The number of nitrogens with zero attached hydrogens (tertiary/aromatic N) is 3. The topological polar surface area (TPSA) is 28.5 Å². The number of hydrogen-bond acceptors (Lipinski definition) is 2. The van der Waals surface area contributed by atoms with E-state index in [1.54, 1.807) is 0 Å². The van der Waals surface area contributed by atoms with Gasteiger partial charge in [-0.2, -0.15) is 0 Å². The number of carbonyl (C=O) groups is 1. The summed E-state index contributed by atoms with van der Waals surface area (Å²) in [4.78, 5) is 17.6. The summed E-state index contributed by atoms with van der Waals surface area (Å²) in [5.74, 6) is 0.182. The van der Waals surface area contributed by atoms with Crippen molar-refractivity contribution in [2.75, 3.05) is 19.6 Å². The molecule has 3 aliphatic rings. The van der Waals surface area contributed by atoms with E-state index in [0.717, 1.165) is 31.6 Å². The first-order valence-corrected chi connectivity index (χ1v) is 10.9. The number of hydrogen-bond donors (Lipinski definition) is 0. The Balaban J connectivity index is 1.28. The summed E-state index contributed by atoms with van der Waals surface area (Å²) in [6, 6.07) is 16.2. The lowest BCUT2D eigenvalue weighted by atomic mass is 9.66. The molecule has 4 nitrogen and oxygen atoms in total. The third kappa shape index (κ3) is 2.89. The number of amides is 1. The van der Waals surface area contributed by atoms with E-state index in [9.17, 15) is 4.79 Å². The van der Waals surface area contributed by atoms with Crippen LogP contribution in [0.1, 0.15) is 60.6 Å². The van der Waals surface area contributed by atoms with Crippen LogP contribution in [-0.2, 0) is 7.05 Å². The zero-order chi connectivity index (χ0) is 19.1. The van der Waals surface area contributed by atoms with Crippen molar-refractivity contribution in [3.8, 4) is 0 Å². The Hall–Kier alpha value is -2.07. The molecule has 4 heteroatoms. The number of carbonyl (C=O) groups excluding carboxylic acids is 1. The van der Waals surface area contributed by atoms with Gasteiger partial charge in [0.2, 0.25) is 0 Å². The Bertz CT molecular complexity index is 829. The molecule has 2 aromatic rings. The molecule has 1 aromatic carbocycles. The van der Waals surface area contributed by atoms with Gasteiger partial charge in [-0.25, -0.2) is 0 Å². The molecular weight excluding hydrogens is 346 g/mol. The molecule has 2 aliphatic heterocycles. The Kier molecular flexibility index (Phi) is 4.54. The van der Waals surface area contributed by atoms with Gasteiger partial charge in [0.1, 0.15) is 5.69 Å². The summed E-state index contributed by atoms with van der Waals surface area (Å²) in [5, 5.41) is 0. The van der Waals surface area contributed by atoms with Crippen LogP contribution in [0.15, 0.2) is 48.7 Å². The van der Waals surface area contributed by atoms with Crippen LogP contribution in [0.3, 0.4) is 0 Å². The quantitative estimate of drug-likeness (QED) is 0.800. The smallest absolute Gasteiger partial charge is 0.270 e. The SMILES string of the molecule is Cn1cccc1C(=O)N1CCC(N2CC3(CCCC3)C2c2ccccc2)CC1. The minimum atomic E-state index is 0.182. The first-order valence-electron chi connectivity index (χ1n) is 10.9. The molecule has 1 atom stereocenters. The van der Waals surface area contributed by atoms with Crippen LogP contribution in [0.5, 0.6) is 0 Å².